The summed E-state index contributed by atoms with van der Waals surface area (Å²) < 4.78 is 0. The van der Waals surface area contributed by atoms with Crippen LogP contribution in [0.2, 0.25) is 0 Å². The van der Waals surface area contributed by atoms with Crippen molar-refractivity contribution >= 4 is 16.8 Å². The summed E-state index contributed by atoms with van der Waals surface area (Å²) in [5.41, 5.74) is 5.03. The topological polar surface area (TPSA) is 44.9 Å². The first-order valence-electron chi connectivity index (χ1n) is 9.98. The number of fused-ring (bicyclic) bond motifs is 1. The van der Waals surface area contributed by atoms with E-state index in [2.05, 4.69) is 79.7 Å². The maximum absolute atomic E-state index is 12.6. The van der Waals surface area contributed by atoms with Crippen molar-refractivity contribution < 1.29 is 4.79 Å². The highest BCUT2D eigenvalue weighted by Crippen LogP contribution is 2.32. The Kier molecular flexibility index (Phi) is 6.33. The summed E-state index contributed by atoms with van der Waals surface area (Å²) in [4.78, 5) is 16.0. The summed E-state index contributed by atoms with van der Waals surface area (Å²) in [5, 5.41) is 4.32. The van der Waals surface area contributed by atoms with E-state index in [-0.39, 0.29) is 11.8 Å². The molecule has 0 bridgehead atoms. The van der Waals surface area contributed by atoms with E-state index in [9.17, 15) is 4.79 Å². The van der Waals surface area contributed by atoms with Crippen LogP contribution in [-0.4, -0.2) is 17.4 Å². The number of H-pyrrole nitrogens is 1. The average molecular weight is 363 g/mol. The zero-order chi connectivity index (χ0) is 19.2. The van der Waals surface area contributed by atoms with Gasteiger partial charge in [-0.2, -0.15) is 0 Å². The lowest BCUT2D eigenvalue weighted by atomic mass is 9.88. The lowest BCUT2D eigenvalue weighted by molar-refractivity contribution is -0.121. The Morgan fingerprint density at radius 1 is 1.07 bits per heavy atom. The molecule has 0 spiro atoms. The summed E-state index contributed by atoms with van der Waals surface area (Å²) in [7, 11) is 0. The molecule has 1 unspecified atom stereocenters. The molecule has 3 rings (SSSR count). The molecule has 142 valence electrons. The van der Waals surface area contributed by atoms with Gasteiger partial charge in [0, 0.05) is 30.1 Å². The second-order valence-electron chi connectivity index (χ2n) is 7.73. The number of para-hydroxylation sites is 1. The van der Waals surface area contributed by atoms with Crippen molar-refractivity contribution in [1.29, 1.82) is 0 Å². The quantitative estimate of drug-likeness (QED) is 0.567. The number of carbonyl (C=O) groups excluding carboxylic acids is 1. The molecule has 0 radical (unpaired) electrons. The first kappa shape index (κ1) is 19.2. The van der Waals surface area contributed by atoms with Crippen molar-refractivity contribution in [2.75, 3.05) is 6.54 Å². The highest BCUT2D eigenvalue weighted by Gasteiger charge is 2.20. The monoisotopic (exact) mass is 362 g/mol. The number of aryl methyl sites for hydroxylation is 1. The van der Waals surface area contributed by atoms with Gasteiger partial charge in [0.25, 0.3) is 0 Å². The van der Waals surface area contributed by atoms with Gasteiger partial charge < -0.3 is 10.3 Å². The Bertz CT molecular complexity index is 880. The molecule has 1 amide bonds. The molecule has 3 aromatic rings. The zero-order valence-corrected chi connectivity index (χ0v) is 16.6. The van der Waals surface area contributed by atoms with Crippen LogP contribution in [0, 0.1) is 5.92 Å². The van der Waals surface area contributed by atoms with Gasteiger partial charge in [-0.3, -0.25) is 4.79 Å². The van der Waals surface area contributed by atoms with Crippen molar-refractivity contribution in [3.05, 3.63) is 71.4 Å². The van der Waals surface area contributed by atoms with Crippen LogP contribution < -0.4 is 5.32 Å². The number of hydrogen-bond acceptors (Lipinski definition) is 1. The highest BCUT2D eigenvalue weighted by molar-refractivity contribution is 5.87. The number of benzene rings is 2. The Balaban J connectivity index is 1.90. The van der Waals surface area contributed by atoms with Crippen LogP contribution in [0.5, 0.6) is 0 Å². The molecule has 0 saturated heterocycles. The highest BCUT2D eigenvalue weighted by atomic mass is 16.1. The van der Waals surface area contributed by atoms with E-state index in [0.29, 0.717) is 12.3 Å². The third kappa shape index (κ3) is 4.79. The average Bonchev–Trinajstić information content (AvgIpc) is 3.11. The van der Waals surface area contributed by atoms with Crippen molar-refractivity contribution in [1.82, 2.24) is 10.3 Å². The lowest BCUT2D eigenvalue weighted by Gasteiger charge is -2.17. The summed E-state index contributed by atoms with van der Waals surface area (Å²) in [6, 6.07) is 16.9. The van der Waals surface area contributed by atoms with E-state index in [1.54, 1.807) is 0 Å². The van der Waals surface area contributed by atoms with Crippen LogP contribution in [0.4, 0.5) is 0 Å². The fourth-order valence-electron chi connectivity index (χ4n) is 3.68. The van der Waals surface area contributed by atoms with Crippen molar-refractivity contribution in [2.24, 2.45) is 5.92 Å². The van der Waals surface area contributed by atoms with Crippen molar-refractivity contribution in [3.63, 3.8) is 0 Å². The Hall–Kier alpha value is -2.55. The number of aromatic amines is 1. The molecule has 1 heterocycles. The summed E-state index contributed by atoms with van der Waals surface area (Å²) >= 11 is 0. The molecular weight excluding hydrogens is 332 g/mol. The fraction of sp³-hybridized carbons (Fsp3) is 0.375. The third-order valence-electron chi connectivity index (χ3n) is 5.12. The molecule has 3 heteroatoms. The normalized spacial score (nSPS) is 12.4. The second-order valence-corrected chi connectivity index (χ2v) is 7.73. The number of hydrogen-bond donors (Lipinski definition) is 2. The number of amides is 1. The smallest absolute Gasteiger partial charge is 0.220 e. The predicted molar refractivity (Wildman–Crippen MR) is 113 cm³/mol. The second kappa shape index (κ2) is 8.90. The van der Waals surface area contributed by atoms with Crippen LogP contribution in [-0.2, 0) is 17.6 Å². The van der Waals surface area contributed by atoms with E-state index in [4.69, 9.17) is 0 Å². The van der Waals surface area contributed by atoms with Gasteiger partial charge in [-0.1, -0.05) is 69.3 Å². The summed E-state index contributed by atoms with van der Waals surface area (Å²) in [6.45, 7) is 7.14. The Morgan fingerprint density at radius 2 is 1.85 bits per heavy atom. The SMILES string of the molecule is CCc1cccc2c(C(CC(=O)NCC(C)C)Cc3ccccc3)c[nH]c12. The maximum atomic E-state index is 12.6. The molecule has 0 aliphatic heterocycles. The minimum absolute atomic E-state index is 0.130. The number of aromatic nitrogens is 1. The Labute approximate surface area is 162 Å². The van der Waals surface area contributed by atoms with E-state index in [0.717, 1.165) is 19.4 Å². The molecule has 27 heavy (non-hydrogen) atoms. The first-order valence-corrected chi connectivity index (χ1v) is 9.98. The largest absolute Gasteiger partial charge is 0.361 e. The lowest BCUT2D eigenvalue weighted by Crippen LogP contribution is -2.29. The van der Waals surface area contributed by atoms with E-state index >= 15 is 0 Å². The van der Waals surface area contributed by atoms with E-state index < -0.39 is 0 Å². The number of carbonyl (C=O) groups is 1. The molecule has 1 atom stereocenters. The molecule has 0 aliphatic carbocycles. The molecule has 0 aliphatic rings. The Morgan fingerprint density at radius 3 is 2.56 bits per heavy atom. The molecule has 3 nitrogen and oxygen atoms in total. The molecular formula is C24H30N2O. The van der Waals surface area contributed by atoms with Gasteiger partial charge in [-0.05, 0) is 41.4 Å². The zero-order valence-electron chi connectivity index (χ0n) is 16.6. The van der Waals surface area contributed by atoms with Gasteiger partial charge in [0.2, 0.25) is 5.91 Å². The van der Waals surface area contributed by atoms with Crippen LogP contribution in [0.25, 0.3) is 10.9 Å². The van der Waals surface area contributed by atoms with Gasteiger partial charge in [0.1, 0.15) is 0 Å². The standard InChI is InChI=1S/C24H30N2O/c1-4-19-11-8-12-21-22(16-26-24(19)21)20(13-18-9-6-5-7-10-18)14-23(27)25-15-17(2)3/h5-12,16-17,20,26H,4,13-15H2,1-3H3,(H,25,27). The molecule has 2 N–H and O–H groups in total. The minimum Gasteiger partial charge on any atom is -0.361 e. The van der Waals surface area contributed by atoms with Gasteiger partial charge in [0.15, 0.2) is 0 Å². The minimum atomic E-state index is 0.130. The van der Waals surface area contributed by atoms with Crippen LogP contribution in [0.15, 0.2) is 54.7 Å². The van der Waals surface area contributed by atoms with Gasteiger partial charge in [0.05, 0.1) is 0 Å². The summed E-state index contributed by atoms with van der Waals surface area (Å²) in [6.07, 6.45) is 4.47. The van der Waals surface area contributed by atoms with Crippen LogP contribution in [0.3, 0.4) is 0 Å². The van der Waals surface area contributed by atoms with Gasteiger partial charge in [-0.25, -0.2) is 0 Å². The summed E-state index contributed by atoms with van der Waals surface area (Å²) in [5.74, 6) is 0.743. The van der Waals surface area contributed by atoms with Gasteiger partial charge in [-0.15, -0.1) is 0 Å². The molecule has 0 fully saturated rings. The first-order chi connectivity index (χ1) is 13.1. The molecule has 0 saturated carbocycles. The number of nitrogens with one attached hydrogen (secondary N) is 2. The van der Waals surface area contributed by atoms with Crippen LogP contribution in [0.1, 0.15) is 49.8 Å². The fourth-order valence-corrected chi connectivity index (χ4v) is 3.68. The predicted octanol–water partition coefficient (Wildman–Crippen LogP) is 5.22. The molecule has 2 aromatic carbocycles. The van der Waals surface area contributed by atoms with Crippen LogP contribution >= 0.6 is 0 Å². The van der Waals surface area contributed by atoms with Crippen molar-refractivity contribution in [2.45, 2.75) is 46.0 Å². The third-order valence-corrected chi connectivity index (χ3v) is 5.12. The number of rotatable bonds is 8. The maximum Gasteiger partial charge on any atom is 0.220 e. The van der Waals surface area contributed by atoms with E-state index in [1.807, 2.05) is 6.07 Å². The van der Waals surface area contributed by atoms with E-state index in [1.165, 1.54) is 27.6 Å². The van der Waals surface area contributed by atoms with Crippen molar-refractivity contribution in [3.8, 4) is 0 Å². The molecule has 1 aromatic heterocycles. The van der Waals surface area contributed by atoms with Gasteiger partial charge >= 0.3 is 0 Å².